The van der Waals surface area contributed by atoms with Gasteiger partial charge in [-0.15, -0.1) is 5.10 Å². The van der Waals surface area contributed by atoms with Crippen molar-refractivity contribution in [2.24, 2.45) is 5.92 Å². The second kappa shape index (κ2) is 6.78. The zero-order chi connectivity index (χ0) is 16.2. The van der Waals surface area contributed by atoms with Crippen molar-refractivity contribution in [1.29, 1.82) is 0 Å². The van der Waals surface area contributed by atoms with Gasteiger partial charge < -0.3 is 15.3 Å². The van der Waals surface area contributed by atoms with Crippen LogP contribution >= 0.6 is 0 Å². The lowest BCUT2D eigenvalue weighted by molar-refractivity contribution is 0.116. The monoisotopic (exact) mass is 315 g/mol. The van der Waals surface area contributed by atoms with Crippen LogP contribution in [0.3, 0.4) is 0 Å². The number of urea groups is 1. The molecule has 1 fully saturated rings. The maximum absolute atomic E-state index is 12.3. The normalized spacial score (nSPS) is 20.4. The third-order valence-electron chi connectivity index (χ3n) is 4.26. The van der Waals surface area contributed by atoms with E-state index >= 15 is 0 Å². The highest BCUT2D eigenvalue weighted by molar-refractivity contribution is 5.89. The molecule has 7 nitrogen and oxygen atoms in total. The van der Waals surface area contributed by atoms with Crippen LogP contribution in [0.15, 0.2) is 36.7 Å². The van der Waals surface area contributed by atoms with Crippen LogP contribution in [-0.2, 0) is 0 Å². The molecule has 23 heavy (non-hydrogen) atoms. The number of aliphatic hydroxyl groups excluding tert-OH is 1. The molecule has 0 saturated heterocycles. The van der Waals surface area contributed by atoms with Crippen LogP contribution in [0.4, 0.5) is 10.5 Å². The second-order valence-corrected chi connectivity index (χ2v) is 5.97. The Balaban J connectivity index is 1.62. The average molecular weight is 315 g/mol. The average Bonchev–Trinajstić information content (AvgIpc) is 3.20. The molecule has 0 radical (unpaired) electrons. The predicted octanol–water partition coefficient (Wildman–Crippen LogP) is 1.89. The number of carbonyl (C=O) groups excluding carboxylic acids is 1. The molecule has 2 amide bonds. The van der Waals surface area contributed by atoms with Crippen LogP contribution < -0.4 is 5.32 Å². The fourth-order valence-corrected chi connectivity index (χ4v) is 2.96. The van der Waals surface area contributed by atoms with Crippen LogP contribution in [-0.4, -0.2) is 50.7 Å². The predicted molar refractivity (Wildman–Crippen MR) is 86.4 cm³/mol. The summed E-state index contributed by atoms with van der Waals surface area (Å²) in [6.07, 6.45) is 5.89. The first kappa shape index (κ1) is 15.5. The summed E-state index contributed by atoms with van der Waals surface area (Å²) in [5.74, 6) is 0.173. The van der Waals surface area contributed by atoms with Crippen molar-refractivity contribution < 1.29 is 9.90 Å². The number of anilines is 1. The van der Waals surface area contributed by atoms with Gasteiger partial charge in [-0.25, -0.2) is 9.48 Å². The highest BCUT2D eigenvalue weighted by Gasteiger charge is 2.27. The summed E-state index contributed by atoms with van der Waals surface area (Å²) in [5, 5.41) is 20.5. The Morgan fingerprint density at radius 1 is 1.48 bits per heavy atom. The standard InChI is InChI=1S/C16H21N5O2/c1-20(11-12-4-2-7-15(12)22)16(23)18-13-5-3-6-14(10-13)21-9-8-17-19-21/h3,5-6,8-10,12,15,22H,2,4,7,11H2,1H3,(H,18,23). The molecule has 2 aromatic rings. The summed E-state index contributed by atoms with van der Waals surface area (Å²) >= 11 is 0. The van der Waals surface area contributed by atoms with E-state index in [1.807, 2.05) is 24.3 Å². The largest absolute Gasteiger partial charge is 0.393 e. The van der Waals surface area contributed by atoms with Crippen molar-refractivity contribution in [3.8, 4) is 5.69 Å². The van der Waals surface area contributed by atoms with E-state index in [-0.39, 0.29) is 18.1 Å². The van der Waals surface area contributed by atoms with Crippen LogP contribution in [0.2, 0.25) is 0 Å². The summed E-state index contributed by atoms with van der Waals surface area (Å²) in [6.45, 7) is 0.565. The zero-order valence-corrected chi connectivity index (χ0v) is 13.1. The summed E-state index contributed by atoms with van der Waals surface area (Å²) in [4.78, 5) is 13.9. The van der Waals surface area contributed by atoms with E-state index in [1.165, 1.54) is 0 Å². The molecule has 2 atom stereocenters. The van der Waals surface area contributed by atoms with Gasteiger partial charge >= 0.3 is 6.03 Å². The third-order valence-corrected chi connectivity index (χ3v) is 4.26. The van der Waals surface area contributed by atoms with Crippen LogP contribution in [0.25, 0.3) is 5.69 Å². The van der Waals surface area contributed by atoms with E-state index in [0.29, 0.717) is 12.2 Å². The van der Waals surface area contributed by atoms with E-state index in [1.54, 1.807) is 29.0 Å². The molecular weight excluding hydrogens is 294 g/mol. The number of benzene rings is 1. The van der Waals surface area contributed by atoms with Crippen molar-refractivity contribution in [2.45, 2.75) is 25.4 Å². The second-order valence-electron chi connectivity index (χ2n) is 5.97. The maximum atomic E-state index is 12.3. The summed E-state index contributed by atoms with van der Waals surface area (Å²) in [5.41, 5.74) is 1.52. The molecule has 1 saturated carbocycles. The highest BCUT2D eigenvalue weighted by atomic mass is 16.3. The Morgan fingerprint density at radius 3 is 3.04 bits per heavy atom. The lowest BCUT2D eigenvalue weighted by Gasteiger charge is -2.23. The smallest absolute Gasteiger partial charge is 0.321 e. The quantitative estimate of drug-likeness (QED) is 0.902. The van der Waals surface area contributed by atoms with Crippen molar-refractivity contribution in [3.05, 3.63) is 36.7 Å². The topological polar surface area (TPSA) is 83.3 Å². The van der Waals surface area contributed by atoms with E-state index < -0.39 is 0 Å². The summed E-state index contributed by atoms with van der Waals surface area (Å²) < 4.78 is 1.63. The number of amides is 2. The van der Waals surface area contributed by atoms with Crippen molar-refractivity contribution in [3.63, 3.8) is 0 Å². The number of hydrogen-bond donors (Lipinski definition) is 2. The van der Waals surface area contributed by atoms with Gasteiger partial charge in [0.15, 0.2) is 0 Å². The minimum Gasteiger partial charge on any atom is -0.393 e. The van der Waals surface area contributed by atoms with E-state index in [0.717, 1.165) is 24.9 Å². The van der Waals surface area contributed by atoms with Crippen molar-refractivity contribution >= 4 is 11.7 Å². The molecule has 1 aromatic carbocycles. The Hall–Kier alpha value is -2.41. The van der Waals surface area contributed by atoms with E-state index in [2.05, 4.69) is 15.6 Å². The van der Waals surface area contributed by atoms with Gasteiger partial charge in [-0.05, 0) is 31.0 Å². The van der Waals surface area contributed by atoms with Gasteiger partial charge in [-0.3, -0.25) is 0 Å². The molecule has 1 aliphatic rings. The fourth-order valence-electron chi connectivity index (χ4n) is 2.96. The highest BCUT2D eigenvalue weighted by Crippen LogP contribution is 2.26. The number of aliphatic hydroxyl groups is 1. The zero-order valence-electron chi connectivity index (χ0n) is 13.1. The SMILES string of the molecule is CN(CC1CCCC1O)C(=O)Nc1cccc(-n2ccnn2)c1. The van der Waals surface area contributed by atoms with Gasteiger partial charge in [-0.1, -0.05) is 17.7 Å². The molecular formula is C16H21N5O2. The van der Waals surface area contributed by atoms with Crippen molar-refractivity contribution in [2.75, 3.05) is 18.9 Å². The number of carbonyl (C=O) groups is 1. The van der Waals surface area contributed by atoms with Crippen LogP contribution in [0, 0.1) is 5.92 Å². The van der Waals surface area contributed by atoms with Gasteiger partial charge in [0, 0.05) is 25.2 Å². The van der Waals surface area contributed by atoms with Gasteiger partial charge in [0.25, 0.3) is 0 Å². The Morgan fingerprint density at radius 2 is 2.35 bits per heavy atom. The lowest BCUT2D eigenvalue weighted by atomic mass is 10.1. The number of nitrogens with zero attached hydrogens (tertiary/aromatic N) is 4. The van der Waals surface area contributed by atoms with E-state index in [4.69, 9.17) is 0 Å². The minimum absolute atomic E-state index is 0.173. The fraction of sp³-hybridized carbons (Fsp3) is 0.438. The number of rotatable bonds is 4. The van der Waals surface area contributed by atoms with Gasteiger partial charge in [0.2, 0.25) is 0 Å². The van der Waals surface area contributed by atoms with Crippen molar-refractivity contribution in [1.82, 2.24) is 19.9 Å². The minimum atomic E-state index is -0.291. The Bertz CT molecular complexity index is 658. The first-order valence-corrected chi connectivity index (χ1v) is 7.80. The maximum Gasteiger partial charge on any atom is 0.321 e. The van der Waals surface area contributed by atoms with Crippen LogP contribution in [0.5, 0.6) is 0 Å². The molecule has 0 bridgehead atoms. The van der Waals surface area contributed by atoms with Gasteiger partial charge in [0.05, 0.1) is 24.2 Å². The Labute approximate surface area is 134 Å². The molecule has 7 heteroatoms. The number of hydrogen-bond acceptors (Lipinski definition) is 4. The molecule has 3 rings (SSSR count). The first-order chi connectivity index (χ1) is 11.1. The van der Waals surface area contributed by atoms with E-state index in [9.17, 15) is 9.90 Å². The molecule has 1 aliphatic carbocycles. The molecule has 122 valence electrons. The molecule has 0 spiro atoms. The van der Waals surface area contributed by atoms with Gasteiger partial charge in [-0.2, -0.15) is 0 Å². The number of aromatic nitrogens is 3. The summed E-state index contributed by atoms with van der Waals surface area (Å²) in [6, 6.07) is 7.23. The molecule has 0 aliphatic heterocycles. The molecule has 2 N–H and O–H groups in total. The third kappa shape index (κ3) is 3.68. The molecule has 1 aromatic heterocycles. The van der Waals surface area contributed by atoms with Gasteiger partial charge in [0.1, 0.15) is 0 Å². The lowest BCUT2D eigenvalue weighted by Crippen LogP contribution is -2.37. The number of nitrogens with one attached hydrogen (secondary N) is 1. The molecule has 1 heterocycles. The molecule has 2 unspecified atom stereocenters. The Kier molecular flexibility index (Phi) is 4.57. The van der Waals surface area contributed by atoms with Crippen LogP contribution in [0.1, 0.15) is 19.3 Å². The first-order valence-electron chi connectivity index (χ1n) is 7.80. The summed E-state index contributed by atoms with van der Waals surface area (Å²) in [7, 11) is 1.75.